The van der Waals surface area contributed by atoms with Crippen LogP contribution in [0, 0.1) is 0 Å². The van der Waals surface area contributed by atoms with Crippen LogP contribution in [0.15, 0.2) is 12.3 Å². The molecule has 4 nitrogen and oxygen atoms in total. The molecule has 5 heteroatoms. The zero-order valence-corrected chi connectivity index (χ0v) is 9.92. The lowest BCUT2D eigenvalue weighted by atomic mass is 10.1. The lowest BCUT2D eigenvalue weighted by Crippen LogP contribution is -2.30. The Morgan fingerprint density at radius 2 is 2.33 bits per heavy atom. The SMILES string of the molecule is CS(=O)(=O)CCCNCC1CCC=CO1. The van der Waals surface area contributed by atoms with Crippen LogP contribution in [-0.4, -0.2) is 39.6 Å². The van der Waals surface area contributed by atoms with Gasteiger partial charge in [-0.05, 0) is 31.9 Å². The largest absolute Gasteiger partial charge is 0.497 e. The highest BCUT2D eigenvalue weighted by atomic mass is 32.2. The fourth-order valence-corrected chi connectivity index (χ4v) is 2.13. The Labute approximate surface area is 91.6 Å². The van der Waals surface area contributed by atoms with Crippen molar-refractivity contribution in [1.29, 1.82) is 0 Å². The van der Waals surface area contributed by atoms with Gasteiger partial charge in [-0.25, -0.2) is 8.42 Å². The van der Waals surface area contributed by atoms with E-state index in [9.17, 15) is 8.42 Å². The van der Waals surface area contributed by atoms with Crippen LogP contribution >= 0.6 is 0 Å². The summed E-state index contributed by atoms with van der Waals surface area (Å²) < 4.78 is 27.0. The number of ether oxygens (including phenoxy) is 1. The Balaban J connectivity index is 1.99. The van der Waals surface area contributed by atoms with E-state index in [-0.39, 0.29) is 11.9 Å². The van der Waals surface area contributed by atoms with Crippen molar-refractivity contribution in [2.45, 2.75) is 25.4 Å². The average Bonchev–Trinajstić information content (AvgIpc) is 2.17. The van der Waals surface area contributed by atoms with Crippen molar-refractivity contribution >= 4 is 9.84 Å². The zero-order chi connectivity index (χ0) is 11.1. The lowest BCUT2D eigenvalue weighted by molar-refractivity contribution is 0.122. The fraction of sp³-hybridized carbons (Fsp3) is 0.800. The van der Waals surface area contributed by atoms with Crippen molar-refractivity contribution in [3.8, 4) is 0 Å². The van der Waals surface area contributed by atoms with Crippen molar-refractivity contribution < 1.29 is 13.2 Å². The van der Waals surface area contributed by atoms with Gasteiger partial charge in [0.25, 0.3) is 0 Å². The van der Waals surface area contributed by atoms with Crippen molar-refractivity contribution in [1.82, 2.24) is 5.32 Å². The van der Waals surface area contributed by atoms with Crippen LogP contribution in [0.1, 0.15) is 19.3 Å². The van der Waals surface area contributed by atoms with Gasteiger partial charge < -0.3 is 10.1 Å². The Hall–Kier alpha value is -0.550. The van der Waals surface area contributed by atoms with E-state index in [1.807, 2.05) is 6.08 Å². The molecule has 0 amide bonds. The topological polar surface area (TPSA) is 55.4 Å². The first-order chi connectivity index (χ1) is 7.08. The summed E-state index contributed by atoms with van der Waals surface area (Å²) in [4.78, 5) is 0. The van der Waals surface area contributed by atoms with Gasteiger partial charge in [-0.2, -0.15) is 0 Å². The first kappa shape index (κ1) is 12.5. The molecule has 15 heavy (non-hydrogen) atoms. The second-order valence-electron chi connectivity index (χ2n) is 3.89. The summed E-state index contributed by atoms with van der Waals surface area (Å²) in [7, 11) is -2.81. The molecule has 0 bridgehead atoms. The average molecular weight is 233 g/mol. The Morgan fingerprint density at radius 3 is 2.93 bits per heavy atom. The molecule has 0 aromatic heterocycles. The summed E-state index contributed by atoms with van der Waals surface area (Å²) in [5.74, 6) is 0.255. The molecular weight excluding hydrogens is 214 g/mol. The quantitative estimate of drug-likeness (QED) is 0.686. The third kappa shape index (κ3) is 6.52. The number of sulfone groups is 1. The van der Waals surface area contributed by atoms with E-state index < -0.39 is 9.84 Å². The minimum atomic E-state index is -2.81. The molecular formula is C10H19NO3S. The summed E-state index contributed by atoms with van der Waals surface area (Å²) in [5, 5.41) is 3.20. The van der Waals surface area contributed by atoms with Gasteiger partial charge in [-0.1, -0.05) is 0 Å². The lowest BCUT2D eigenvalue weighted by Gasteiger charge is -2.19. The maximum Gasteiger partial charge on any atom is 0.147 e. The third-order valence-electron chi connectivity index (χ3n) is 2.26. The van der Waals surface area contributed by atoms with E-state index in [0.29, 0.717) is 6.42 Å². The predicted molar refractivity (Wildman–Crippen MR) is 60.4 cm³/mol. The van der Waals surface area contributed by atoms with Crippen molar-refractivity contribution in [3.63, 3.8) is 0 Å². The fourth-order valence-electron chi connectivity index (χ4n) is 1.46. The van der Waals surface area contributed by atoms with E-state index >= 15 is 0 Å². The number of allylic oxidation sites excluding steroid dienone is 1. The molecule has 1 heterocycles. The predicted octanol–water partition coefficient (Wildman–Crippen LogP) is 0.703. The smallest absolute Gasteiger partial charge is 0.147 e. The number of nitrogens with one attached hydrogen (secondary N) is 1. The van der Waals surface area contributed by atoms with Crippen LogP contribution in [0.25, 0.3) is 0 Å². The summed E-state index contributed by atoms with van der Waals surface area (Å²) in [6.45, 7) is 1.53. The van der Waals surface area contributed by atoms with Crippen molar-refractivity contribution in [3.05, 3.63) is 12.3 Å². The molecule has 1 aliphatic rings. The van der Waals surface area contributed by atoms with Gasteiger partial charge in [-0.3, -0.25) is 0 Å². The standard InChI is InChI=1S/C10H19NO3S/c1-15(12,13)8-4-6-11-9-10-5-2-3-7-14-10/h3,7,10-11H,2,4-6,8-9H2,1H3. The van der Waals surface area contributed by atoms with E-state index in [0.717, 1.165) is 25.9 Å². The van der Waals surface area contributed by atoms with E-state index in [1.165, 1.54) is 6.26 Å². The van der Waals surface area contributed by atoms with Crippen molar-refractivity contribution in [2.24, 2.45) is 0 Å². The molecule has 0 aromatic carbocycles. The molecule has 1 unspecified atom stereocenters. The highest BCUT2D eigenvalue weighted by Crippen LogP contribution is 2.08. The molecule has 0 saturated heterocycles. The monoisotopic (exact) mass is 233 g/mol. The van der Waals surface area contributed by atoms with Crippen LogP contribution in [-0.2, 0) is 14.6 Å². The molecule has 0 saturated carbocycles. The third-order valence-corrected chi connectivity index (χ3v) is 3.29. The molecule has 1 atom stereocenters. The molecule has 88 valence electrons. The van der Waals surface area contributed by atoms with Gasteiger partial charge in [0.05, 0.1) is 12.0 Å². The second kappa shape index (κ2) is 6.12. The maximum atomic E-state index is 10.8. The maximum absolute atomic E-state index is 10.8. The minimum Gasteiger partial charge on any atom is -0.497 e. The normalized spacial score (nSPS) is 21.3. The van der Waals surface area contributed by atoms with Gasteiger partial charge in [0, 0.05) is 12.8 Å². The van der Waals surface area contributed by atoms with Gasteiger partial charge in [0.1, 0.15) is 15.9 Å². The minimum absolute atomic E-state index is 0.244. The Morgan fingerprint density at radius 1 is 1.53 bits per heavy atom. The summed E-state index contributed by atoms with van der Waals surface area (Å²) in [6.07, 6.45) is 8.04. The Kier molecular flexibility index (Phi) is 5.11. The number of rotatable bonds is 6. The van der Waals surface area contributed by atoms with Crippen LogP contribution in [0.4, 0.5) is 0 Å². The van der Waals surface area contributed by atoms with Gasteiger partial charge >= 0.3 is 0 Å². The van der Waals surface area contributed by atoms with Crippen LogP contribution in [0.5, 0.6) is 0 Å². The Bertz CT molecular complexity index is 298. The molecule has 0 spiro atoms. The van der Waals surface area contributed by atoms with E-state index in [2.05, 4.69) is 5.32 Å². The van der Waals surface area contributed by atoms with Crippen LogP contribution < -0.4 is 5.32 Å². The summed E-state index contributed by atoms with van der Waals surface area (Å²) in [6, 6.07) is 0. The molecule has 1 rings (SSSR count). The highest BCUT2D eigenvalue weighted by Gasteiger charge is 2.09. The van der Waals surface area contributed by atoms with Crippen molar-refractivity contribution in [2.75, 3.05) is 25.1 Å². The van der Waals surface area contributed by atoms with Gasteiger partial charge in [0.15, 0.2) is 0 Å². The van der Waals surface area contributed by atoms with Crippen LogP contribution in [0.3, 0.4) is 0 Å². The second-order valence-corrected chi connectivity index (χ2v) is 6.15. The highest BCUT2D eigenvalue weighted by molar-refractivity contribution is 7.90. The number of hydrogen-bond acceptors (Lipinski definition) is 4. The molecule has 0 aliphatic carbocycles. The van der Waals surface area contributed by atoms with Crippen LogP contribution in [0.2, 0.25) is 0 Å². The van der Waals surface area contributed by atoms with E-state index in [1.54, 1.807) is 6.26 Å². The number of hydrogen-bond donors (Lipinski definition) is 1. The van der Waals surface area contributed by atoms with Gasteiger partial charge in [0.2, 0.25) is 0 Å². The van der Waals surface area contributed by atoms with Gasteiger partial charge in [-0.15, -0.1) is 0 Å². The first-order valence-corrected chi connectivity index (χ1v) is 7.33. The van der Waals surface area contributed by atoms with E-state index in [4.69, 9.17) is 4.74 Å². The molecule has 0 aromatic rings. The molecule has 0 fully saturated rings. The molecule has 0 radical (unpaired) electrons. The molecule has 1 aliphatic heterocycles. The summed E-state index contributed by atoms with van der Waals surface area (Å²) >= 11 is 0. The zero-order valence-electron chi connectivity index (χ0n) is 9.11. The summed E-state index contributed by atoms with van der Waals surface area (Å²) in [5.41, 5.74) is 0. The first-order valence-electron chi connectivity index (χ1n) is 5.27. The molecule has 1 N–H and O–H groups in total.